The van der Waals surface area contributed by atoms with Crippen molar-refractivity contribution >= 4 is 23.2 Å². The van der Waals surface area contributed by atoms with Gasteiger partial charge in [0.15, 0.2) is 11.5 Å². The van der Waals surface area contributed by atoms with Crippen molar-refractivity contribution in [1.29, 1.82) is 0 Å². The summed E-state index contributed by atoms with van der Waals surface area (Å²) in [7, 11) is 0. The van der Waals surface area contributed by atoms with Crippen molar-refractivity contribution in [2.75, 3.05) is 25.1 Å². The molecule has 2 amide bonds. The third kappa shape index (κ3) is 4.01. The molecule has 1 aliphatic rings. The van der Waals surface area contributed by atoms with Crippen LogP contribution in [0.25, 0.3) is 5.70 Å². The maximum Gasteiger partial charge on any atom is 0.258 e. The fourth-order valence-electron chi connectivity index (χ4n) is 3.14. The number of rotatable bonds is 8. The van der Waals surface area contributed by atoms with Crippen LogP contribution in [0.1, 0.15) is 36.2 Å². The molecule has 0 saturated heterocycles. The predicted octanol–water partition coefficient (Wildman–Crippen LogP) is 3.94. The summed E-state index contributed by atoms with van der Waals surface area (Å²) in [5, 5.41) is 2.84. The number of hydrogen-bond donors (Lipinski definition) is 1. The molecule has 6 nitrogen and oxygen atoms in total. The third-order valence-corrected chi connectivity index (χ3v) is 4.43. The molecule has 0 bridgehead atoms. The van der Waals surface area contributed by atoms with Gasteiger partial charge >= 0.3 is 0 Å². The van der Waals surface area contributed by atoms with E-state index < -0.39 is 0 Å². The summed E-state index contributed by atoms with van der Waals surface area (Å²) < 4.78 is 11.1. The fraction of sp³-hybridized carbons (Fsp3) is 0.273. The highest BCUT2D eigenvalue weighted by Gasteiger charge is 2.30. The zero-order valence-corrected chi connectivity index (χ0v) is 16.2. The first-order valence-corrected chi connectivity index (χ1v) is 9.34. The number of carbonyl (C=O) groups is 2. The Bertz CT molecular complexity index is 872. The van der Waals surface area contributed by atoms with Crippen molar-refractivity contribution in [3.8, 4) is 11.5 Å². The van der Waals surface area contributed by atoms with E-state index in [1.165, 1.54) is 0 Å². The number of fused-ring (bicyclic) bond motifs is 1. The van der Waals surface area contributed by atoms with Gasteiger partial charge in [0.2, 0.25) is 5.91 Å². The van der Waals surface area contributed by atoms with E-state index in [1.807, 2.05) is 32.0 Å². The summed E-state index contributed by atoms with van der Waals surface area (Å²) in [4.78, 5) is 26.4. The molecule has 1 aliphatic heterocycles. The molecule has 0 radical (unpaired) electrons. The Labute approximate surface area is 164 Å². The molecule has 0 aliphatic carbocycles. The topological polar surface area (TPSA) is 67.9 Å². The van der Waals surface area contributed by atoms with E-state index in [1.54, 1.807) is 29.2 Å². The number of hydrogen-bond acceptors (Lipinski definition) is 4. The molecule has 0 spiro atoms. The average Bonchev–Trinajstić information content (AvgIpc) is 2.93. The monoisotopic (exact) mass is 380 g/mol. The Hall–Kier alpha value is -3.28. The van der Waals surface area contributed by atoms with Crippen molar-refractivity contribution in [2.24, 2.45) is 0 Å². The van der Waals surface area contributed by atoms with E-state index >= 15 is 0 Å². The smallest absolute Gasteiger partial charge is 0.258 e. The van der Waals surface area contributed by atoms with Crippen LogP contribution in [0.2, 0.25) is 0 Å². The molecule has 0 atom stereocenters. The van der Waals surface area contributed by atoms with Crippen LogP contribution in [0.5, 0.6) is 11.5 Å². The summed E-state index contributed by atoms with van der Waals surface area (Å²) in [5.74, 6) is 0.913. The van der Waals surface area contributed by atoms with Crippen LogP contribution in [0.15, 0.2) is 49.0 Å². The molecule has 6 heteroatoms. The number of benzene rings is 2. The van der Waals surface area contributed by atoms with E-state index in [-0.39, 0.29) is 24.8 Å². The highest BCUT2D eigenvalue weighted by atomic mass is 16.5. The number of nitrogens with zero attached hydrogens (tertiary/aromatic N) is 1. The van der Waals surface area contributed by atoms with Gasteiger partial charge in [-0.1, -0.05) is 24.8 Å². The van der Waals surface area contributed by atoms with Crippen LogP contribution in [0.3, 0.4) is 0 Å². The molecule has 146 valence electrons. The Morgan fingerprint density at radius 2 is 1.71 bits per heavy atom. The molecule has 2 aromatic carbocycles. The van der Waals surface area contributed by atoms with Gasteiger partial charge in [-0.05, 0) is 32.0 Å². The summed E-state index contributed by atoms with van der Waals surface area (Å²) in [6.45, 7) is 9.08. The summed E-state index contributed by atoms with van der Waals surface area (Å²) in [6, 6.07) is 12.6. The van der Waals surface area contributed by atoms with Crippen molar-refractivity contribution in [3.05, 3.63) is 60.2 Å². The number of nitrogens with one attached hydrogen (secondary N) is 1. The minimum atomic E-state index is -0.192. The number of anilines is 1. The molecule has 1 heterocycles. The van der Waals surface area contributed by atoms with Gasteiger partial charge in [0.1, 0.15) is 0 Å². The predicted molar refractivity (Wildman–Crippen MR) is 109 cm³/mol. The van der Waals surface area contributed by atoms with Gasteiger partial charge in [0, 0.05) is 41.5 Å². The second-order valence-electron chi connectivity index (χ2n) is 6.27. The van der Waals surface area contributed by atoms with Crippen LogP contribution in [0, 0.1) is 0 Å². The molecule has 0 fully saturated rings. The molecule has 2 aromatic rings. The van der Waals surface area contributed by atoms with Crippen LogP contribution < -0.4 is 14.8 Å². The van der Waals surface area contributed by atoms with Crippen LogP contribution in [0.4, 0.5) is 5.69 Å². The van der Waals surface area contributed by atoms with E-state index in [0.717, 1.165) is 5.56 Å². The van der Waals surface area contributed by atoms with Gasteiger partial charge < -0.3 is 19.7 Å². The maximum atomic E-state index is 12.5. The minimum Gasteiger partial charge on any atom is -0.490 e. The first kappa shape index (κ1) is 19.5. The first-order chi connectivity index (χ1) is 13.5. The largest absolute Gasteiger partial charge is 0.490 e. The lowest BCUT2D eigenvalue weighted by molar-refractivity contribution is -0.116. The van der Waals surface area contributed by atoms with E-state index in [0.29, 0.717) is 41.7 Å². The van der Waals surface area contributed by atoms with Crippen molar-refractivity contribution in [2.45, 2.75) is 20.3 Å². The Kier molecular flexibility index (Phi) is 5.99. The van der Waals surface area contributed by atoms with E-state index in [9.17, 15) is 9.59 Å². The Balaban J connectivity index is 1.61. The standard InChI is InChI=1S/C22H24N2O4/c1-4-27-19-11-10-16(14-20(19)28-5-2)23-21(25)12-13-24-15(3)17-8-6-7-9-18(17)22(24)26/h6-11,14H,3-5,12-13H2,1-2H3,(H,23,25). The average molecular weight is 380 g/mol. The lowest BCUT2D eigenvalue weighted by Crippen LogP contribution is -2.27. The second kappa shape index (κ2) is 8.61. The molecular formula is C22H24N2O4. The highest BCUT2D eigenvalue weighted by Crippen LogP contribution is 2.32. The maximum absolute atomic E-state index is 12.5. The number of amides is 2. The van der Waals surface area contributed by atoms with Gasteiger partial charge in [-0.15, -0.1) is 0 Å². The number of carbonyl (C=O) groups excluding carboxylic acids is 2. The summed E-state index contributed by atoms with van der Waals surface area (Å²) in [5.41, 5.74) is 2.70. The van der Waals surface area contributed by atoms with E-state index in [4.69, 9.17) is 9.47 Å². The Morgan fingerprint density at radius 1 is 1.04 bits per heavy atom. The van der Waals surface area contributed by atoms with Crippen LogP contribution >= 0.6 is 0 Å². The number of ether oxygens (including phenoxy) is 2. The van der Waals surface area contributed by atoms with Gasteiger partial charge in [0.25, 0.3) is 5.91 Å². The van der Waals surface area contributed by atoms with Crippen LogP contribution in [-0.2, 0) is 4.79 Å². The van der Waals surface area contributed by atoms with Gasteiger partial charge in [-0.25, -0.2) is 0 Å². The van der Waals surface area contributed by atoms with Crippen LogP contribution in [-0.4, -0.2) is 36.5 Å². The second-order valence-corrected chi connectivity index (χ2v) is 6.27. The first-order valence-electron chi connectivity index (χ1n) is 9.34. The zero-order valence-electron chi connectivity index (χ0n) is 16.2. The van der Waals surface area contributed by atoms with E-state index in [2.05, 4.69) is 11.9 Å². The van der Waals surface area contributed by atoms with Gasteiger partial charge in [0.05, 0.1) is 13.2 Å². The normalized spacial score (nSPS) is 12.7. The molecule has 0 unspecified atom stereocenters. The van der Waals surface area contributed by atoms with Crippen molar-refractivity contribution < 1.29 is 19.1 Å². The lowest BCUT2D eigenvalue weighted by Gasteiger charge is -2.17. The summed E-state index contributed by atoms with van der Waals surface area (Å²) >= 11 is 0. The lowest BCUT2D eigenvalue weighted by atomic mass is 10.1. The molecule has 0 aromatic heterocycles. The fourth-order valence-corrected chi connectivity index (χ4v) is 3.14. The van der Waals surface area contributed by atoms with Crippen molar-refractivity contribution in [3.63, 3.8) is 0 Å². The molecular weight excluding hydrogens is 356 g/mol. The minimum absolute atomic E-state index is 0.118. The molecule has 3 rings (SSSR count). The Morgan fingerprint density at radius 3 is 2.39 bits per heavy atom. The zero-order chi connectivity index (χ0) is 20.1. The summed E-state index contributed by atoms with van der Waals surface area (Å²) in [6.07, 6.45) is 0.163. The van der Waals surface area contributed by atoms with Crippen molar-refractivity contribution in [1.82, 2.24) is 4.90 Å². The molecule has 28 heavy (non-hydrogen) atoms. The third-order valence-electron chi connectivity index (χ3n) is 4.43. The molecule has 0 saturated carbocycles. The van der Waals surface area contributed by atoms with Gasteiger partial charge in [-0.2, -0.15) is 0 Å². The quantitative estimate of drug-likeness (QED) is 0.753. The van der Waals surface area contributed by atoms with Gasteiger partial charge in [-0.3, -0.25) is 9.59 Å². The SMILES string of the molecule is C=C1c2ccccc2C(=O)N1CCC(=O)Nc1ccc(OCC)c(OCC)c1. The highest BCUT2D eigenvalue weighted by molar-refractivity contribution is 6.09. The molecule has 1 N–H and O–H groups in total.